The number of para-hydroxylation sites is 1. The second-order valence-corrected chi connectivity index (χ2v) is 5.31. The zero-order valence-corrected chi connectivity index (χ0v) is 13.2. The van der Waals surface area contributed by atoms with Crippen LogP contribution in [0.4, 0.5) is 0 Å². The average Bonchev–Trinajstić information content (AvgIpc) is 2.93. The summed E-state index contributed by atoms with van der Waals surface area (Å²) in [4.78, 5) is 0. The van der Waals surface area contributed by atoms with Crippen molar-refractivity contribution >= 4 is 0 Å². The Bertz CT molecular complexity index is 550. The van der Waals surface area contributed by atoms with Crippen molar-refractivity contribution in [1.82, 2.24) is 15.1 Å². The van der Waals surface area contributed by atoms with Crippen LogP contribution in [0, 0.1) is 0 Å². The zero-order valence-electron chi connectivity index (χ0n) is 13.2. The molecule has 0 saturated heterocycles. The fraction of sp³-hybridized carbons (Fsp3) is 0.471. The molecule has 0 aliphatic heterocycles. The average molecular weight is 287 g/mol. The summed E-state index contributed by atoms with van der Waals surface area (Å²) in [5.74, 6) is 0.956. The minimum absolute atomic E-state index is 0.307. The third kappa shape index (κ3) is 4.33. The molecule has 0 aliphatic rings. The van der Waals surface area contributed by atoms with Crippen LogP contribution in [0.15, 0.2) is 36.7 Å². The summed E-state index contributed by atoms with van der Waals surface area (Å²) in [5.41, 5.74) is 2.51. The van der Waals surface area contributed by atoms with Gasteiger partial charge in [-0.25, -0.2) is 0 Å². The second kappa shape index (κ2) is 7.84. The predicted octanol–water partition coefficient (Wildman–Crippen LogP) is 3.10. The molecule has 1 N–H and O–H groups in total. The van der Waals surface area contributed by atoms with E-state index < -0.39 is 0 Å². The van der Waals surface area contributed by atoms with Crippen LogP contribution in [0.2, 0.25) is 0 Å². The van der Waals surface area contributed by atoms with Crippen LogP contribution >= 0.6 is 0 Å². The largest absolute Gasteiger partial charge is 0.496 e. The van der Waals surface area contributed by atoms with Gasteiger partial charge in [-0.1, -0.05) is 25.1 Å². The van der Waals surface area contributed by atoms with E-state index in [4.69, 9.17) is 4.74 Å². The van der Waals surface area contributed by atoms with Crippen LogP contribution in [-0.2, 0) is 13.5 Å². The normalized spacial score (nSPS) is 12.3. The van der Waals surface area contributed by atoms with Gasteiger partial charge in [0.05, 0.1) is 13.3 Å². The minimum atomic E-state index is 0.307. The first-order valence-electron chi connectivity index (χ1n) is 7.58. The summed E-state index contributed by atoms with van der Waals surface area (Å²) >= 11 is 0. The van der Waals surface area contributed by atoms with Gasteiger partial charge in [-0.15, -0.1) is 0 Å². The summed E-state index contributed by atoms with van der Waals surface area (Å²) in [7, 11) is 3.69. The molecule has 1 unspecified atom stereocenters. The topological polar surface area (TPSA) is 39.1 Å². The Morgan fingerprint density at radius 1 is 1.33 bits per heavy atom. The van der Waals surface area contributed by atoms with Crippen LogP contribution < -0.4 is 10.1 Å². The van der Waals surface area contributed by atoms with Crippen molar-refractivity contribution < 1.29 is 4.74 Å². The molecule has 2 rings (SSSR count). The molecule has 0 spiro atoms. The number of nitrogens with zero attached hydrogens (tertiary/aromatic N) is 2. The third-order valence-corrected chi connectivity index (χ3v) is 3.64. The van der Waals surface area contributed by atoms with Crippen LogP contribution in [0.5, 0.6) is 5.75 Å². The Kier molecular flexibility index (Phi) is 5.81. The lowest BCUT2D eigenvalue weighted by Gasteiger charge is -2.21. The lowest BCUT2D eigenvalue weighted by molar-refractivity contribution is 0.395. The molecule has 0 saturated carbocycles. The van der Waals surface area contributed by atoms with E-state index in [9.17, 15) is 0 Å². The van der Waals surface area contributed by atoms with E-state index >= 15 is 0 Å². The van der Waals surface area contributed by atoms with E-state index in [2.05, 4.69) is 35.7 Å². The van der Waals surface area contributed by atoms with Gasteiger partial charge in [0, 0.05) is 24.8 Å². The molecule has 114 valence electrons. The molecule has 1 aromatic heterocycles. The maximum Gasteiger partial charge on any atom is 0.123 e. The van der Waals surface area contributed by atoms with Crippen molar-refractivity contribution in [3.05, 3.63) is 47.8 Å². The molecule has 1 atom stereocenters. The molecule has 21 heavy (non-hydrogen) atoms. The Balaban J connectivity index is 2.09. The lowest BCUT2D eigenvalue weighted by atomic mass is 9.99. The Morgan fingerprint density at radius 2 is 2.14 bits per heavy atom. The maximum atomic E-state index is 5.51. The number of aryl methyl sites for hydroxylation is 2. The van der Waals surface area contributed by atoms with Crippen LogP contribution in [0.1, 0.15) is 36.9 Å². The summed E-state index contributed by atoms with van der Waals surface area (Å²) < 4.78 is 7.36. The zero-order chi connectivity index (χ0) is 15.1. The Labute approximate surface area is 127 Å². The first kappa shape index (κ1) is 15.6. The van der Waals surface area contributed by atoms with Crippen molar-refractivity contribution in [2.75, 3.05) is 13.7 Å². The first-order valence-corrected chi connectivity index (χ1v) is 7.58. The van der Waals surface area contributed by atoms with Gasteiger partial charge < -0.3 is 10.1 Å². The van der Waals surface area contributed by atoms with Crippen LogP contribution in [0.3, 0.4) is 0 Å². The fourth-order valence-corrected chi connectivity index (χ4v) is 2.55. The minimum Gasteiger partial charge on any atom is -0.496 e. The highest BCUT2D eigenvalue weighted by atomic mass is 16.5. The molecule has 0 aliphatic carbocycles. The molecular formula is C17H25N3O. The van der Waals surface area contributed by atoms with E-state index in [1.165, 1.54) is 11.1 Å². The quantitative estimate of drug-likeness (QED) is 0.811. The standard InChI is InChI=1S/C17H25N3O/c1-4-11-18-16(10-9-14-12-19-20(2)13-14)15-7-5-6-8-17(15)21-3/h5-8,12-13,16,18H,4,9-11H2,1-3H3. The van der Waals surface area contributed by atoms with Gasteiger partial charge in [0.1, 0.15) is 5.75 Å². The molecule has 0 bridgehead atoms. The number of rotatable bonds is 8. The smallest absolute Gasteiger partial charge is 0.123 e. The van der Waals surface area contributed by atoms with E-state index in [1.54, 1.807) is 7.11 Å². The highest BCUT2D eigenvalue weighted by Gasteiger charge is 2.15. The van der Waals surface area contributed by atoms with Crippen LogP contribution in [0.25, 0.3) is 0 Å². The number of methoxy groups -OCH3 is 1. The highest BCUT2D eigenvalue weighted by Crippen LogP contribution is 2.28. The molecule has 0 fully saturated rings. The van der Waals surface area contributed by atoms with E-state index in [1.807, 2.05) is 30.1 Å². The monoisotopic (exact) mass is 287 g/mol. The molecule has 1 aromatic carbocycles. The van der Waals surface area contributed by atoms with E-state index in [0.29, 0.717) is 6.04 Å². The van der Waals surface area contributed by atoms with Gasteiger partial charge >= 0.3 is 0 Å². The maximum absolute atomic E-state index is 5.51. The molecule has 2 aromatic rings. The molecule has 0 radical (unpaired) electrons. The van der Waals surface area contributed by atoms with E-state index in [0.717, 1.165) is 31.6 Å². The fourth-order valence-electron chi connectivity index (χ4n) is 2.55. The Morgan fingerprint density at radius 3 is 2.81 bits per heavy atom. The number of hydrogen-bond acceptors (Lipinski definition) is 3. The van der Waals surface area contributed by atoms with Gasteiger partial charge in [-0.05, 0) is 37.4 Å². The summed E-state index contributed by atoms with van der Waals surface area (Å²) in [6.07, 6.45) is 7.19. The third-order valence-electron chi connectivity index (χ3n) is 3.64. The lowest BCUT2D eigenvalue weighted by Crippen LogP contribution is -2.23. The van der Waals surface area contributed by atoms with Gasteiger partial charge in [0.25, 0.3) is 0 Å². The van der Waals surface area contributed by atoms with Gasteiger partial charge in [-0.2, -0.15) is 5.10 Å². The highest BCUT2D eigenvalue weighted by molar-refractivity contribution is 5.36. The summed E-state index contributed by atoms with van der Waals surface area (Å²) in [6, 6.07) is 8.57. The van der Waals surface area contributed by atoms with Crippen LogP contribution in [-0.4, -0.2) is 23.4 Å². The Hall–Kier alpha value is -1.81. The molecular weight excluding hydrogens is 262 g/mol. The summed E-state index contributed by atoms with van der Waals surface area (Å²) in [5, 5.41) is 7.87. The second-order valence-electron chi connectivity index (χ2n) is 5.31. The van der Waals surface area contributed by atoms with Crippen molar-refractivity contribution in [3.8, 4) is 5.75 Å². The SMILES string of the molecule is CCCNC(CCc1cnn(C)c1)c1ccccc1OC. The van der Waals surface area contributed by atoms with Crippen molar-refractivity contribution in [3.63, 3.8) is 0 Å². The molecule has 0 amide bonds. The van der Waals surface area contributed by atoms with E-state index in [-0.39, 0.29) is 0 Å². The number of ether oxygens (including phenoxy) is 1. The number of hydrogen-bond donors (Lipinski definition) is 1. The summed E-state index contributed by atoms with van der Waals surface area (Å²) in [6.45, 7) is 3.20. The number of nitrogens with one attached hydrogen (secondary N) is 1. The number of benzene rings is 1. The van der Waals surface area contributed by atoms with Gasteiger partial charge in [-0.3, -0.25) is 4.68 Å². The number of aromatic nitrogens is 2. The van der Waals surface area contributed by atoms with Gasteiger partial charge in [0.15, 0.2) is 0 Å². The first-order chi connectivity index (χ1) is 10.2. The molecule has 4 heteroatoms. The van der Waals surface area contributed by atoms with Crippen molar-refractivity contribution in [2.24, 2.45) is 7.05 Å². The van der Waals surface area contributed by atoms with Crippen molar-refractivity contribution in [2.45, 2.75) is 32.2 Å². The van der Waals surface area contributed by atoms with Gasteiger partial charge in [0.2, 0.25) is 0 Å². The molecule has 1 heterocycles. The van der Waals surface area contributed by atoms with Crippen molar-refractivity contribution in [1.29, 1.82) is 0 Å². The predicted molar refractivity (Wildman–Crippen MR) is 85.6 cm³/mol. The molecule has 4 nitrogen and oxygen atoms in total.